The predicted octanol–water partition coefficient (Wildman–Crippen LogP) is 3.07. The Bertz CT molecular complexity index is 907. The summed E-state index contributed by atoms with van der Waals surface area (Å²) >= 11 is 1.57. The molecule has 0 spiro atoms. The minimum Gasteiger partial charge on any atom is -0.345 e. The molecule has 1 N–H and O–H groups in total. The van der Waals surface area contributed by atoms with E-state index in [0.29, 0.717) is 31.1 Å². The van der Waals surface area contributed by atoms with Crippen molar-refractivity contribution in [2.75, 3.05) is 18.2 Å². The molecular weight excluding hydrogens is 422 g/mol. The second-order valence-electron chi connectivity index (χ2n) is 7.95. The predicted molar refractivity (Wildman–Crippen MR) is 128 cm³/mol. The van der Waals surface area contributed by atoms with Gasteiger partial charge >= 0.3 is 0 Å². The molecule has 6 nitrogen and oxygen atoms in total. The molecule has 0 saturated carbocycles. The van der Waals surface area contributed by atoms with Gasteiger partial charge in [0, 0.05) is 25.3 Å². The highest BCUT2D eigenvalue weighted by Crippen LogP contribution is 2.24. The monoisotopic (exact) mass is 453 g/mol. The average Bonchev–Trinajstić information content (AvgIpc) is 3.31. The first kappa shape index (κ1) is 23.9. The fraction of sp³-hybridized carbons (Fsp3) is 0.400. The second kappa shape index (κ2) is 11.7. The largest absolute Gasteiger partial charge is 0.345 e. The van der Waals surface area contributed by atoms with Crippen molar-refractivity contribution in [3.8, 4) is 0 Å². The summed E-state index contributed by atoms with van der Waals surface area (Å²) in [5.41, 5.74) is 2.23. The van der Waals surface area contributed by atoms with E-state index >= 15 is 0 Å². The molecular formula is C25H31N3O3S. The van der Waals surface area contributed by atoms with Gasteiger partial charge in [-0.05, 0) is 24.5 Å². The standard InChI is InChI=1S/C25H31N3O3S/c1-3-23(29)26-19(2)24(30)28-18-32-17-22(28)25(31)27(16-21-12-8-5-9-13-21)15-14-20-10-6-4-7-11-20/h4-13,19,22H,3,14-18H2,1-2H3,(H,26,29)/t19-,22+/m1/s1. The minimum atomic E-state index is -0.650. The van der Waals surface area contributed by atoms with Crippen LogP contribution < -0.4 is 5.32 Å². The van der Waals surface area contributed by atoms with Crippen LogP contribution in [0.3, 0.4) is 0 Å². The summed E-state index contributed by atoms with van der Waals surface area (Å²) in [4.78, 5) is 41.8. The Labute approximate surface area is 194 Å². The van der Waals surface area contributed by atoms with Crippen molar-refractivity contribution in [1.29, 1.82) is 0 Å². The second-order valence-corrected chi connectivity index (χ2v) is 8.95. The number of carbonyl (C=O) groups is 3. The number of hydrogen-bond acceptors (Lipinski definition) is 4. The zero-order valence-corrected chi connectivity index (χ0v) is 19.5. The van der Waals surface area contributed by atoms with Crippen LogP contribution in [0.4, 0.5) is 0 Å². The van der Waals surface area contributed by atoms with Gasteiger partial charge in [0.25, 0.3) is 0 Å². The third-order valence-electron chi connectivity index (χ3n) is 5.56. The van der Waals surface area contributed by atoms with Crippen LogP contribution in [0.2, 0.25) is 0 Å². The van der Waals surface area contributed by atoms with E-state index < -0.39 is 12.1 Å². The highest BCUT2D eigenvalue weighted by Gasteiger charge is 2.38. The molecule has 1 aliphatic rings. The first-order chi connectivity index (χ1) is 15.5. The zero-order valence-electron chi connectivity index (χ0n) is 18.7. The van der Waals surface area contributed by atoms with Crippen molar-refractivity contribution >= 4 is 29.5 Å². The molecule has 2 aromatic carbocycles. The van der Waals surface area contributed by atoms with Crippen molar-refractivity contribution in [3.05, 3.63) is 71.8 Å². The molecule has 0 radical (unpaired) electrons. The van der Waals surface area contributed by atoms with Gasteiger partial charge in [0.2, 0.25) is 17.7 Å². The molecule has 7 heteroatoms. The molecule has 32 heavy (non-hydrogen) atoms. The van der Waals surface area contributed by atoms with Gasteiger partial charge in [0.15, 0.2) is 0 Å². The number of amides is 3. The lowest BCUT2D eigenvalue weighted by Gasteiger charge is -2.31. The van der Waals surface area contributed by atoms with Gasteiger partial charge in [0.05, 0.1) is 5.88 Å². The fourth-order valence-electron chi connectivity index (χ4n) is 3.71. The molecule has 0 unspecified atom stereocenters. The van der Waals surface area contributed by atoms with Crippen LogP contribution in [-0.2, 0) is 27.3 Å². The van der Waals surface area contributed by atoms with Gasteiger partial charge in [-0.2, -0.15) is 0 Å². The van der Waals surface area contributed by atoms with Crippen molar-refractivity contribution in [2.45, 2.75) is 45.3 Å². The molecule has 3 rings (SSSR count). The Morgan fingerprint density at radius 2 is 1.69 bits per heavy atom. The summed E-state index contributed by atoms with van der Waals surface area (Å²) in [6.07, 6.45) is 1.06. The molecule has 1 fully saturated rings. The number of benzene rings is 2. The Kier molecular flexibility index (Phi) is 8.73. The lowest BCUT2D eigenvalue weighted by Crippen LogP contribution is -2.54. The Hall–Kier alpha value is -2.80. The summed E-state index contributed by atoms with van der Waals surface area (Å²) in [7, 11) is 0. The number of hydrogen-bond donors (Lipinski definition) is 1. The van der Waals surface area contributed by atoms with Crippen LogP contribution in [0.15, 0.2) is 60.7 Å². The van der Waals surface area contributed by atoms with E-state index in [1.165, 1.54) is 5.56 Å². The average molecular weight is 454 g/mol. The van der Waals surface area contributed by atoms with Gasteiger partial charge in [-0.25, -0.2) is 0 Å². The molecule has 1 heterocycles. The fourth-order valence-corrected chi connectivity index (χ4v) is 4.86. The Morgan fingerprint density at radius 1 is 1.06 bits per heavy atom. The van der Waals surface area contributed by atoms with Gasteiger partial charge < -0.3 is 15.1 Å². The van der Waals surface area contributed by atoms with Crippen LogP contribution in [0.1, 0.15) is 31.4 Å². The van der Waals surface area contributed by atoms with Crippen molar-refractivity contribution in [1.82, 2.24) is 15.1 Å². The van der Waals surface area contributed by atoms with Gasteiger partial charge in [-0.1, -0.05) is 67.6 Å². The van der Waals surface area contributed by atoms with Gasteiger partial charge in [0.1, 0.15) is 12.1 Å². The summed E-state index contributed by atoms with van der Waals surface area (Å²) < 4.78 is 0. The maximum absolute atomic E-state index is 13.6. The van der Waals surface area contributed by atoms with Gasteiger partial charge in [-0.15, -0.1) is 11.8 Å². The van der Waals surface area contributed by atoms with Crippen molar-refractivity contribution < 1.29 is 14.4 Å². The van der Waals surface area contributed by atoms with E-state index in [1.54, 1.807) is 30.5 Å². The Balaban J connectivity index is 1.74. The van der Waals surface area contributed by atoms with Crippen LogP contribution in [0.25, 0.3) is 0 Å². The maximum atomic E-state index is 13.6. The SMILES string of the molecule is CCC(=O)N[C@H](C)C(=O)N1CSC[C@H]1C(=O)N(CCc1ccccc1)Cc1ccccc1. The molecule has 0 aliphatic carbocycles. The van der Waals surface area contributed by atoms with Crippen LogP contribution in [-0.4, -0.2) is 57.8 Å². The lowest BCUT2D eigenvalue weighted by atomic mass is 10.1. The topological polar surface area (TPSA) is 69.7 Å². The van der Waals surface area contributed by atoms with Crippen molar-refractivity contribution in [2.24, 2.45) is 0 Å². The van der Waals surface area contributed by atoms with E-state index in [1.807, 2.05) is 53.4 Å². The number of carbonyl (C=O) groups excluding carboxylic acids is 3. The summed E-state index contributed by atoms with van der Waals surface area (Å²) in [5.74, 6) is 0.596. The van der Waals surface area contributed by atoms with E-state index in [0.717, 1.165) is 12.0 Å². The lowest BCUT2D eigenvalue weighted by molar-refractivity contribution is -0.145. The molecule has 0 aromatic heterocycles. The first-order valence-electron chi connectivity index (χ1n) is 11.0. The minimum absolute atomic E-state index is 0.0443. The molecule has 1 aliphatic heterocycles. The molecule has 0 bridgehead atoms. The molecule has 2 aromatic rings. The van der Waals surface area contributed by atoms with E-state index in [2.05, 4.69) is 17.4 Å². The van der Waals surface area contributed by atoms with Gasteiger partial charge in [-0.3, -0.25) is 14.4 Å². The summed E-state index contributed by atoms with van der Waals surface area (Å²) in [6.45, 7) is 4.50. The normalized spacial score (nSPS) is 16.4. The smallest absolute Gasteiger partial charge is 0.246 e. The molecule has 3 amide bonds. The third kappa shape index (κ3) is 6.36. The molecule has 1 saturated heterocycles. The van der Waals surface area contributed by atoms with Crippen LogP contribution in [0, 0.1) is 0 Å². The summed E-state index contributed by atoms with van der Waals surface area (Å²) in [6, 6.07) is 18.8. The number of thioether (sulfide) groups is 1. The maximum Gasteiger partial charge on any atom is 0.246 e. The zero-order chi connectivity index (χ0) is 22.9. The van der Waals surface area contributed by atoms with Crippen LogP contribution >= 0.6 is 11.8 Å². The number of nitrogens with one attached hydrogen (secondary N) is 1. The summed E-state index contributed by atoms with van der Waals surface area (Å²) in [5, 5.41) is 2.72. The number of nitrogens with zero attached hydrogens (tertiary/aromatic N) is 2. The van der Waals surface area contributed by atoms with Crippen LogP contribution in [0.5, 0.6) is 0 Å². The van der Waals surface area contributed by atoms with E-state index in [-0.39, 0.29) is 17.7 Å². The highest BCUT2D eigenvalue weighted by molar-refractivity contribution is 7.99. The first-order valence-corrected chi connectivity index (χ1v) is 12.2. The molecule has 2 atom stereocenters. The Morgan fingerprint density at radius 3 is 2.31 bits per heavy atom. The highest BCUT2D eigenvalue weighted by atomic mass is 32.2. The number of rotatable bonds is 9. The van der Waals surface area contributed by atoms with E-state index in [4.69, 9.17) is 0 Å². The van der Waals surface area contributed by atoms with Crippen molar-refractivity contribution in [3.63, 3.8) is 0 Å². The molecule has 170 valence electrons. The quantitative estimate of drug-likeness (QED) is 0.634. The third-order valence-corrected chi connectivity index (χ3v) is 6.57. The van der Waals surface area contributed by atoms with E-state index in [9.17, 15) is 14.4 Å².